The predicted octanol–water partition coefficient (Wildman–Crippen LogP) is 5.76. The molecule has 2 aromatic carbocycles. The lowest BCUT2D eigenvalue weighted by Gasteiger charge is -2.12. The summed E-state index contributed by atoms with van der Waals surface area (Å²) in [5.74, 6) is 1.62. The molecular formula is C19H18Cl2N2O. The second kappa shape index (κ2) is 7.29. The lowest BCUT2D eigenvalue weighted by atomic mass is 10.1. The number of rotatable bonds is 5. The molecule has 24 heavy (non-hydrogen) atoms. The van der Waals surface area contributed by atoms with Crippen LogP contribution in [0, 0.1) is 6.92 Å². The first-order valence-corrected chi connectivity index (χ1v) is 8.49. The Morgan fingerprint density at radius 2 is 1.88 bits per heavy atom. The van der Waals surface area contributed by atoms with Gasteiger partial charge in [-0.15, -0.1) is 0 Å². The van der Waals surface area contributed by atoms with Gasteiger partial charge in [0.15, 0.2) is 6.10 Å². The molecule has 0 fully saturated rings. The van der Waals surface area contributed by atoms with Gasteiger partial charge in [0.2, 0.25) is 0 Å². The second-order valence-electron chi connectivity index (χ2n) is 5.68. The van der Waals surface area contributed by atoms with Crippen molar-refractivity contribution in [2.24, 2.45) is 0 Å². The summed E-state index contributed by atoms with van der Waals surface area (Å²) in [6.07, 6.45) is 0.483. The largest absolute Gasteiger partial charge is 0.483 e. The molecule has 0 amide bonds. The van der Waals surface area contributed by atoms with Gasteiger partial charge >= 0.3 is 0 Å². The van der Waals surface area contributed by atoms with Crippen LogP contribution in [0.3, 0.4) is 0 Å². The van der Waals surface area contributed by atoms with Crippen LogP contribution in [0.2, 0.25) is 10.0 Å². The van der Waals surface area contributed by atoms with Gasteiger partial charge in [-0.05, 0) is 43.7 Å². The Labute approximate surface area is 151 Å². The maximum Gasteiger partial charge on any atom is 0.153 e. The molecule has 0 saturated heterocycles. The summed E-state index contributed by atoms with van der Waals surface area (Å²) >= 11 is 12.2. The summed E-state index contributed by atoms with van der Waals surface area (Å²) < 4.78 is 5.92. The van der Waals surface area contributed by atoms with Crippen LogP contribution < -0.4 is 4.74 Å². The molecule has 1 heterocycles. The molecule has 0 saturated carbocycles. The minimum Gasteiger partial charge on any atom is -0.483 e. The van der Waals surface area contributed by atoms with Crippen molar-refractivity contribution in [3.63, 3.8) is 0 Å². The van der Waals surface area contributed by atoms with Crippen LogP contribution in [0.5, 0.6) is 5.75 Å². The van der Waals surface area contributed by atoms with Gasteiger partial charge in [-0.1, -0.05) is 47.5 Å². The monoisotopic (exact) mass is 360 g/mol. The summed E-state index contributed by atoms with van der Waals surface area (Å²) in [5, 5.41) is 1.29. The highest BCUT2D eigenvalue weighted by molar-refractivity contribution is 6.35. The van der Waals surface area contributed by atoms with Crippen molar-refractivity contribution >= 4 is 23.2 Å². The van der Waals surface area contributed by atoms with E-state index in [1.54, 1.807) is 6.07 Å². The normalized spacial score (nSPS) is 12.2. The quantitative estimate of drug-likeness (QED) is 0.628. The molecule has 3 aromatic rings. The van der Waals surface area contributed by atoms with Gasteiger partial charge in [0.25, 0.3) is 0 Å². The molecule has 124 valence electrons. The molecule has 0 aliphatic heterocycles. The third-order valence-corrected chi connectivity index (χ3v) is 4.40. The van der Waals surface area contributed by atoms with Crippen LogP contribution in [-0.2, 0) is 6.42 Å². The number of hydrogen-bond donors (Lipinski definition) is 1. The number of hydrogen-bond acceptors (Lipinski definition) is 2. The van der Waals surface area contributed by atoms with Gasteiger partial charge in [0, 0.05) is 22.2 Å². The standard InChI is InChI=1S/C19H18Cl2N2O/c1-12-18(10-14-8-9-15(20)11-17(14)21)23-19(22-12)13(2)24-16-6-4-3-5-7-16/h3-9,11,13H,10H2,1-2H3,(H,22,23). The average molecular weight is 361 g/mol. The Morgan fingerprint density at radius 1 is 1.12 bits per heavy atom. The van der Waals surface area contributed by atoms with E-state index < -0.39 is 0 Å². The van der Waals surface area contributed by atoms with Crippen LogP contribution >= 0.6 is 23.2 Å². The number of aromatic nitrogens is 2. The zero-order valence-electron chi connectivity index (χ0n) is 13.5. The number of nitrogens with zero attached hydrogens (tertiary/aromatic N) is 1. The fraction of sp³-hybridized carbons (Fsp3) is 0.211. The van der Waals surface area contributed by atoms with Crippen LogP contribution in [0.15, 0.2) is 48.5 Å². The van der Waals surface area contributed by atoms with Gasteiger partial charge in [0.1, 0.15) is 11.6 Å². The molecule has 1 atom stereocenters. The van der Waals surface area contributed by atoms with Gasteiger partial charge in [-0.3, -0.25) is 0 Å². The van der Waals surface area contributed by atoms with Gasteiger partial charge in [0.05, 0.1) is 5.69 Å². The van der Waals surface area contributed by atoms with E-state index >= 15 is 0 Å². The van der Waals surface area contributed by atoms with Gasteiger partial charge < -0.3 is 9.72 Å². The predicted molar refractivity (Wildman–Crippen MR) is 98.1 cm³/mol. The topological polar surface area (TPSA) is 37.9 Å². The molecule has 0 radical (unpaired) electrons. The molecule has 0 bridgehead atoms. The molecule has 0 aliphatic rings. The summed E-state index contributed by atoms with van der Waals surface area (Å²) in [4.78, 5) is 8.00. The summed E-state index contributed by atoms with van der Waals surface area (Å²) in [5.41, 5.74) is 2.97. The van der Waals surface area contributed by atoms with Crippen molar-refractivity contribution in [2.45, 2.75) is 26.4 Å². The Morgan fingerprint density at radius 3 is 2.58 bits per heavy atom. The van der Waals surface area contributed by atoms with Crippen molar-refractivity contribution in [1.82, 2.24) is 9.97 Å². The molecule has 0 spiro atoms. The fourth-order valence-corrected chi connectivity index (χ4v) is 2.97. The number of nitrogens with one attached hydrogen (secondary N) is 1. The SMILES string of the molecule is Cc1[nH]c(C(C)Oc2ccccc2)nc1Cc1ccc(Cl)cc1Cl. The van der Waals surface area contributed by atoms with E-state index in [1.807, 2.05) is 56.3 Å². The molecule has 0 aliphatic carbocycles. The fourth-order valence-electron chi connectivity index (χ4n) is 2.49. The van der Waals surface area contributed by atoms with Crippen molar-refractivity contribution in [3.8, 4) is 5.75 Å². The van der Waals surface area contributed by atoms with Gasteiger partial charge in [-0.2, -0.15) is 0 Å². The van der Waals surface area contributed by atoms with E-state index in [4.69, 9.17) is 32.9 Å². The van der Waals surface area contributed by atoms with E-state index in [9.17, 15) is 0 Å². The Kier molecular flexibility index (Phi) is 5.12. The average Bonchev–Trinajstić information content (AvgIpc) is 2.92. The first-order valence-electron chi connectivity index (χ1n) is 7.74. The number of H-pyrrole nitrogens is 1. The number of aryl methyl sites for hydroxylation is 1. The first-order chi connectivity index (χ1) is 11.5. The Hall–Kier alpha value is -1.97. The molecule has 1 N–H and O–H groups in total. The first kappa shape index (κ1) is 16.9. The Bertz CT molecular complexity index is 831. The highest BCUT2D eigenvalue weighted by Crippen LogP contribution is 2.25. The third kappa shape index (κ3) is 3.92. The van der Waals surface area contributed by atoms with Crippen LogP contribution in [0.25, 0.3) is 0 Å². The van der Waals surface area contributed by atoms with Crippen molar-refractivity contribution < 1.29 is 4.74 Å². The minimum atomic E-state index is -0.166. The summed E-state index contributed by atoms with van der Waals surface area (Å²) in [7, 11) is 0. The number of halogens is 2. The number of benzene rings is 2. The van der Waals surface area contributed by atoms with Crippen LogP contribution in [0.1, 0.15) is 35.8 Å². The lowest BCUT2D eigenvalue weighted by Crippen LogP contribution is -2.05. The molecule has 1 aromatic heterocycles. The second-order valence-corrected chi connectivity index (χ2v) is 6.52. The third-order valence-electron chi connectivity index (χ3n) is 3.82. The number of imidazole rings is 1. The summed E-state index contributed by atoms with van der Waals surface area (Å²) in [6.45, 7) is 3.98. The van der Waals surface area contributed by atoms with Crippen LogP contribution in [-0.4, -0.2) is 9.97 Å². The van der Waals surface area contributed by atoms with Crippen molar-refractivity contribution in [2.75, 3.05) is 0 Å². The zero-order chi connectivity index (χ0) is 17.1. The molecular weight excluding hydrogens is 343 g/mol. The smallest absolute Gasteiger partial charge is 0.153 e. The van der Waals surface area contributed by atoms with E-state index in [0.29, 0.717) is 16.5 Å². The maximum atomic E-state index is 6.26. The molecule has 1 unspecified atom stereocenters. The number of aromatic amines is 1. The summed E-state index contributed by atoms with van der Waals surface area (Å²) in [6, 6.07) is 15.2. The van der Waals surface area contributed by atoms with Crippen molar-refractivity contribution in [1.29, 1.82) is 0 Å². The maximum absolute atomic E-state index is 6.26. The number of ether oxygens (including phenoxy) is 1. The van der Waals surface area contributed by atoms with Gasteiger partial charge in [-0.25, -0.2) is 4.98 Å². The van der Waals surface area contributed by atoms with Crippen molar-refractivity contribution in [3.05, 3.63) is 81.4 Å². The lowest BCUT2D eigenvalue weighted by molar-refractivity contribution is 0.217. The van der Waals surface area contributed by atoms with E-state index in [1.165, 1.54) is 0 Å². The molecule has 5 heteroatoms. The molecule has 3 nitrogen and oxygen atoms in total. The zero-order valence-corrected chi connectivity index (χ0v) is 15.0. The number of para-hydroxylation sites is 1. The van der Waals surface area contributed by atoms with Crippen LogP contribution in [0.4, 0.5) is 0 Å². The van der Waals surface area contributed by atoms with E-state index in [0.717, 1.165) is 28.5 Å². The van der Waals surface area contributed by atoms with E-state index in [-0.39, 0.29) is 6.10 Å². The minimum absolute atomic E-state index is 0.166. The highest BCUT2D eigenvalue weighted by atomic mass is 35.5. The van der Waals surface area contributed by atoms with E-state index in [2.05, 4.69) is 4.98 Å². The highest BCUT2D eigenvalue weighted by Gasteiger charge is 2.15. The molecule has 3 rings (SSSR count). The Balaban J connectivity index is 1.77.